The first-order valence-corrected chi connectivity index (χ1v) is 12.2. The van der Waals surface area contributed by atoms with E-state index in [1.165, 1.54) is 22.2 Å². The van der Waals surface area contributed by atoms with E-state index in [-0.39, 0.29) is 24.1 Å². The highest BCUT2D eigenvalue weighted by atomic mass is 35.5. The fourth-order valence-corrected chi connectivity index (χ4v) is 5.51. The van der Waals surface area contributed by atoms with Crippen LogP contribution in [0.4, 0.5) is 10.8 Å². The highest BCUT2D eigenvalue weighted by Crippen LogP contribution is 2.38. The smallest absolute Gasteiger partial charge is 0.408 e. The minimum Gasteiger partial charge on any atom is -0.462 e. The molecule has 178 valence electrons. The number of esters is 1. The third-order valence-electron chi connectivity index (χ3n) is 5.53. The molecule has 0 radical (unpaired) electrons. The molecule has 0 atom stereocenters. The Balaban J connectivity index is 1.57. The van der Waals surface area contributed by atoms with Crippen molar-refractivity contribution in [3.05, 3.63) is 72.7 Å². The van der Waals surface area contributed by atoms with Gasteiger partial charge in [-0.15, -0.1) is 11.3 Å². The topological polar surface area (TPSA) is 116 Å². The number of amides is 1. The number of nitro groups is 1. The summed E-state index contributed by atoms with van der Waals surface area (Å²) in [5.74, 6) is -1.18. The Kier molecular flexibility index (Phi) is 7.28. The Hall–Kier alpha value is -3.24. The first kappa shape index (κ1) is 23.9. The predicted molar refractivity (Wildman–Crippen MR) is 129 cm³/mol. The average molecular weight is 503 g/mol. The summed E-state index contributed by atoms with van der Waals surface area (Å²) >= 11 is 7.31. The summed E-state index contributed by atoms with van der Waals surface area (Å²) in [6.07, 6.45) is 6.22. The number of carbonyl (C=O) groups is 2. The molecule has 1 aliphatic carbocycles. The van der Waals surface area contributed by atoms with Gasteiger partial charge in [0, 0.05) is 10.4 Å². The number of thiophene rings is 1. The van der Waals surface area contributed by atoms with Crippen molar-refractivity contribution in [1.82, 2.24) is 9.78 Å². The van der Waals surface area contributed by atoms with Gasteiger partial charge in [-0.3, -0.25) is 4.79 Å². The molecule has 4 rings (SSSR count). The third-order valence-corrected chi connectivity index (χ3v) is 7.01. The van der Waals surface area contributed by atoms with Crippen LogP contribution in [-0.4, -0.2) is 33.2 Å². The fraction of sp³-hybridized carbons (Fsp3) is 0.348. The number of rotatable bonds is 7. The van der Waals surface area contributed by atoms with E-state index >= 15 is 0 Å². The summed E-state index contributed by atoms with van der Waals surface area (Å²) in [7, 11) is 0. The summed E-state index contributed by atoms with van der Waals surface area (Å²) < 4.78 is 6.64. The number of carbonyl (C=O) groups excluding carboxylic acids is 2. The lowest BCUT2D eigenvalue weighted by Gasteiger charge is -2.09. The van der Waals surface area contributed by atoms with E-state index in [1.54, 1.807) is 31.2 Å². The van der Waals surface area contributed by atoms with Crippen LogP contribution in [0.15, 0.2) is 30.5 Å². The number of aromatic nitrogens is 2. The van der Waals surface area contributed by atoms with Crippen molar-refractivity contribution in [3.63, 3.8) is 0 Å². The summed E-state index contributed by atoms with van der Waals surface area (Å²) in [5, 5.41) is 18.2. The molecular weight excluding hydrogens is 480 g/mol. The van der Waals surface area contributed by atoms with Gasteiger partial charge in [-0.05, 0) is 60.8 Å². The predicted octanol–water partition coefficient (Wildman–Crippen LogP) is 5.25. The number of halogens is 1. The van der Waals surface area contributed by atoms with Crippen LogP contribution in [0.25, 0.3) is 0 Å². The molecule has 1 amide bonds. The average Bonchev–Trinajstić information content (AvgIpc) is 3.24. The molecule has 0 unspecified atom stereocenters. The van der Waals surface area contributed by atoms with Crippen LogP contribution in [0, 0.1) is 10.1 Å². The molecule has 2 heterocycles. The minimum atomic E-state index is -0.646. The molecule has 0 bridgehead atoms. The second kappa shape index (κ2) is 10.4. The second-order valence-electron chi connectivity index (χ2n) is 7.90. The first-order chi connectivity index (χ1) is 16.4. The van der Waals surface area contributed by atoms with E-state index in [0.29, 0.717) is 21.7 Å². The van der Waals surface area contributed by atoms with Gasteiger partial charge in [0.2, 0.25) is 0 Å². The van der Waals surface area contributed by atoms with Crippen LogP contribution >= 0.6 is 22.9 Å². The number of ether oxygens (including phenoxy) is 1. The highest BCUT2D eigenvalue weighted by Gasteiger charge is 2.27. The van der Waals surface area contributed by atoms with Crippen LogP contribution in [-0.2, 0) is 24.1 Å². The Morgan fingerprint density at radius 3 is 2.82 bits per heavy atom. The molecule has 1 N–H and O–H groups in total. The Morgan fingerprint density at radius 1 is 1.29 bits per heavy atom. The van der Waals surface area contributed by atoms with Crippen molar-refractivity contribution in [2.24, 2.45) is 0 Å². The molecule has 1 aromatic carbocycles. The maximum atomic E-state index is 13.1. The molecule has 0 spiro atoms. The van der Waals surface area contributed by atoms with Gasteiger partial charge in [-0.2, -0.15) is 4.68 Å². The molecule has 3 aromatic rings. The molecule has 11 heteroatoms. The van der Waals surface area contributed by atoms with Gasteiger partial charge >= 0.3 is 11.8 Å². The van der Waals surface area contributed by atoms with Gasteiger partial charge in [0.25, 0.3) is 5.91 Å². The maximum Gasteiger partial charge on any atom is 0.408 e. The number of nitrogens with zero attached hydrogens (tertiary/aromatic N) is 3. The van der Waals surface area contributed by atoms with Gasteiger partial charge < -0.3 is 20.2 Å². The van der Waals surface area contributed by atoms with Crippen molar-refractivity contribution in [2.75, 3.05) is 11.9 Å². The maximum absolute atomic E-state index is 13.1. The van der Waals surface area contributed by atoms with Crippen molar-refractivity contribution < 1.29 is 19.2 Å². The van der Waals surface area contributed by atoms with Crippen LogP contribution < -0.4 is 5.32 Å². The SMILES string of the molecule is CCOC(=O)c1c(NC(=O)c2cccc(Cn3cc(Cl)c([N+](=O)[O-])n3)c2)sc2c1CCCCC2. The molecule has 2 aromatic heterocycles. The zero-order chi connectivity index (χ0) is 24.2. The lowest BCUT2D eigenvalue weighted by atomic mass is 10.1. The van der Waals surface area contributed by atoms with Crippen LogP contribution in [0.3, 0.4) is 0 Å². The Morgan fingerprint density at radius 2 is 2.09 bits per heavy atom. The standard InChI is InChI=1S/C23H23ClN4O5S/c1-2-33-23(30)19-16-9-4-3-5-10-18(16)34-22(19)25-21(29)15-8-6-7-14(11-15)12-27-13-17(24)20(26-27)28(31)32/h6-8,11,13H,2-5,9-10,12H2,1H3,(H,25,29). The monoisotopic (exact) mass is 502 g/mol. The summed E-state index contributed by atoms with van der Waals surface area (Å²) in [6.45, 7) is 2.22. The van der Waals surface area contributed by atoms with Gasteiger partial charge in [-0.1, -0.05) is 30.2 Å². The summed E-state index contributed by atoms with van der Waals surface area (Å²) in [5.41, 5.74) is 2.56. The summed E-state index contributed by atoms with van der Waals surface area (Å²) in [4.78, 5) is 37.3. The lowest BCUT2D eigenvalue weighted by Crippen LogP contribution is -2.15. The molecule has 0 saturated heterocycles. The molecule has 34 heavy (non-hydrogen) atoms. The largest absolute Gasteiger partial charge is 0.462 e. The molecule has 0 fully saturated rings. The molecule has 0 saturated carbocycles. The van der Waals surface area contributed by atoms with E-state index in [9.17, 15) is 19.7 Å². The number of fused-ring (bicyclic) bond motifs is 1. The number of anilines is 1. The van der Waals surface area contributed by atoms with Crippen LogP contribution in [0.1, 0.15) is 62.9 Å². The van der Waals surface area contributed by atoms with E-state index < -0.39 is 16.7 Å². The van der Waals surface area contributed by atoms with E-state index in [0.717, 1.165) is 42.5 Å². The zero-order valence-corrected chi connectivity index (χ0v) is 20.1. The van der Waals surface area contributed by atoms with Crippen LogP contribution in [0.2, 0.25) is 5.02 Å². The minimum absolute atomic E-state index is 0.0529. The Labute approximate surface area is 204 Å². The molecule has 9 nitrogen and oxygen atoms in total. The number of aryl methyl sites for hydroxylation is 1. The number of hydrogen-bond acceptors (Lipinski definition) is 7. The summed E-state index contributed by atoms with van der Waals surface area (Å²) in [6, 6.07) is 6.86. The molecular formula is C23H23ClN4O5S. The number of benzene rings is 1. The quantitative estimate of drug-likeness (QED) is 0.204. The zero-order valence-electron chi connectivity index (χ0n) is 18.5. The highest BCUT2D eigenvalue weighted by molar-refractivity contribution is 7.17. The number of nitrogens with one attached hydrogen (secondary N) is 1. The fourth-order valence-electron chi connectivity index (χ4n) is 4.01. The number of hydrogen-bond donors (Lipinski definition) is 1. The molecule has 0 aliphatic heterocycles. The van der Waals surface area contributed by atoms with Gasteiger partial charge in [0.1, 0.15) is 5.00 Å². The Bertz CT molecular complexity index is 1250. The van der Waals surface area contributed by atoms with Crippen molar-refractivity contribution in [3.8, 4) is 0 Å². The van der Waals surface area contributed by atoms with Crippen molar-refractivity contribution in [1.29, 1.82) is 0 Å². The van der Waals surface area contributed by atoms with Gasteiger partial charge in [0.15, 0.2) is 5.02 Å². The first-order valence-electron chi connectivity index (χ1n) is 11.0. The normalized spacial score (nSPS) is 13.1. The molecule has 1 aliphatic rings. The van der Waals surface area contributed by atoms with Crippen LogP contribution in [0.5, 0.6) is 0 Å². The van der Waals surface area contributed by atoms with Gasteiger partial charge in [0.05, 0.1) is 30.0 Å². The van der Waals surface area contributed by atoms with Crippen molar-refractivity contribution in [2.45, 2.75) is 45.6 Å². The third kappa shape index (κ3) is 5.13. The van der Waals surface area contributed by atoms with Gasteiger partial charge in [-0.25, -0.2) is 4.79 Å². The van der Waals surface area contributed by atoms with E-state index in [2.05, 4.69) is 10.4 Å². The lowest BCUT2D eigenvalue weighted by molar-refractivity contribution is -0.389. The van der Waals surface area contributed by atoms with E-state index in [1.807, 2.05) is 0 Å². The van der Waals surface area contributed by atoms with Crippen molar-refractivity contribution >= 4 is 45.6 Å². The second-order valence-corrected chi connectivity index (χ2v) is 9.41. The van der Waals surface area contributed by atoms with E-state index in [4.69, 9.17) is 16.3 Å².